The average molecular weight is 297 g/mol. The van der Waals surface area contributed by atoms with Gasteiger partial charge in [-0.05, 0) is 5.56 Å². The number of hydrogen-bond donors (Lipinski definition) is 1. The van der Waals surface area contributed by atoms with Gasteiger partial charge in [0.2, 0.25) is 5.69 Å². The van der Waals surface area contributed by atoms with Crippen LogP contribution in [0.2, 0.25) is 0 Å². The minimum Gasteiger partial charge on any atom is -0.313 e. The lowest BCUT2D eigenvalue weighted by Gasteiger charge is -2.11. The van der Waals surface area contributed by atoms with Gasteiger partial charge in [-0.25, -0.2) is 14.2 Å². The lowest BCUT2D eigenvalue weighted by Crippen LogP contribution is -2.23. The third-order valence-corrected chi connectivity index (χ3v) is 2.76. The molecule has 1 heterocycles. The van der Waals surface area contributed by atoms with E-state index in [0.717, 1.165) is 0 Å². The molecule has 0 bridgehead atoms. The highest BCUT2D eigenvalue weighted by atomic mass is 19.4. The smallest absolute Gasteiger partial charge is 0.313 e. The molecule has 0 atom stereocenters. The van der Waals surface area contributed by atoms with Crippen LogP contribution >= 0.6 is 0 Å². The molecule has 0 amide bonds. The fraction of sp³-hybridized carbons (Fsp3) is 0.154. The Morgan fingerprint density at radius 3 is 2.67 bits per heavy atom. The Morgan fingerprint density at radius 1 is 1.33 bits per heavy atom. The zero-order valence-electron chi connectivity index (χ0n) is 10.3. The minimum atomic E-state index is -4.82. The molecule has 8 heteroatoms. The summed E-state index contributed by atoms with van der Waals surface area (Å²) in [7, 11) is 0. The quantitative estimate of drug-likeness (QED) is 0.684. The number of hydrogen-bond acceptors (Lipinski definition) is 2. The molecule has 4 nitrogen and oxygen atoms in total. The Kier molecular flexibility index (Phi) is 3.76. The zero-order valence-corrected chi connectivity index (χ0v) is 10.3. The van der Waals surface area contributed by atoms with E-state index in [2.05, 4.69) is 9.83 Å². The molecule has 21 heavy (non-hydrogen) atoms. The molecular formula is C13H7F4N3O. The van der Waals surface area contributed by atoms with E-state index >= 15 is 0 Å². The van der Waals surface area contributed by atoms with Gasteiger partial charge in [-0.1, -0.05) is 18.2 Å². The van der Waals surface area contributed by atoms with E-state index in [-0.39, 0.29) is 11.3 Å². The van der Waals surface area contributed by atoms with E-state index in [1.165, 1.54) is 18.2 Å². The fourth-order valence-electron chi connectivity index (χ4n) is 1.82. The first kappa shape index (κ1) is 14.7. The molecule has 0 aliphatic rings. The molecule has 108 valence electrons. The lowest BCUT2D eigenvalue weighted by molar-refractivity contribution is -0.141. The zero-order chi connectivity index (χ0) is 15.6. The van der Waals surface area contributed by atoms with Crippen LogP contribution in [0.3, 0.4) is 0 Å². The van der Waals surface area contributed by atoms with Gasteiger partial charge in [0, 0.05) is 6.42 Å². The minimum absolute atomic E-state index is 0.174. The van der Waals surface area contributed by atoms with Crippen LogP contribution in [0.4, 0.5) is 23.2 Å². The molecule has 0 saturated carbocycles. The summed E-state index contributed by atoms with van der Waals surface area (Å²) < 4.78 is 52.3. The number of halogens is 4. The third-order valence-electron chi connectivity index (χ3n) is 2.76. The second-order valence-corrected chi connectivity index (χ2v) is 4.10. The number of alkyl halides is 3. The lowest BCUT2D eigenvalue weighted by atomic mass is 10.0. The largest absolute Gasteiger partial charge is 0.433 e. The molecule has 0 unspecified atom stereocenters. The molecule has 1 aromatic heterocycles. The van der Waals surface area contributed by atoms with Crippen LogP contribution in [0.5, 0.6) is 0 Å². The summed E-state index contributed by atoms with van der Waals surface area (Å²) in [5, 5.41) is 0. The third kappa shape index (κ3) is 2.91. The molecule has 2 rings (SSSR count). The SMILES string of the molecule is [C-]#[N+]c1cccc(Cc2c(C(F)(F)F)nc[nH]c2=O)c1F. The maximum absolute atomic E-state index is 13.9. The van der Waals surface area contributed by atoms with Gasteiger partial charge in [-0.3, -0.25) is 4.79 Å². The van der Waals surface area contributed by atoms with E-state index in [1.807, 2.05) is 4.98 Å². The summed E-state index contributed by atoms with van der Waals surface area (Å²) in [6.45, 7) is 6.77. The van der Waals surface area contributed by atoms with Crippen molar-refractivity contribution < 1.29 is 17.6 Å². The number of H-pyrrole nitrogens is 1. The Hall–Kier alpha value is -2.69. The van der Waals surface area contributed by atoms with Crippen molar-refractivity contribution >= 4 is 5.69 Å². The van der Waals surface area contributed by atoms with Crippen molar-refractivity contribution in [1.29, 1.82) is 0 Å². The summed E-state index contributed by atoms with van der Waals surface area (Å²) in [5.74, 6) is -0.941. The number of aromatic nitrogens is 2. The first-order valence-electron chi connectivity index (χ1n) is 5.63. The summed E-state index contributed by atoms with van der Waals surface area (Å²) in [5.41, 5.74) is -3.54. The average Bonchev–Trinajstić information content (AvgIpc) is 2.42. The van der Waals surface area contributed by atoms with E-state index in [9.17, 15) is 22.4 Å². The molecule has 0 aliphatic heterocycles. The number of rotatable bonds is 2. The summed E-state index contributed by atoms with van der Waals surface area (Å²) in [6.07, 6.45) is -4.79. The van der Waals surface area contributed by atoms with Gasteiger partial charge >= 0.3 is 6.18 Å². The van der Waals surface area contributed by atoms with E-state index in [1.54, 1.807) is 0 Å². The van der Waals surface area contributed by atoms with Crippen molar-refractivity contribution in [2.75, 3.05) is 0 Å². The standard InChI is InChI=1S/C13H7F4N3O/c1-18-9-4-2-3-7(10(9)14)5-8-11(13(15,16)17)19-6-20-12(8)21/h2-4,6H,5H2,(H,19,20,21). The van der Waals surface area contributed by atoms with Crippen molar-refractivity contribution in [1.82, 2.24) is 9.97 Å². The van der Waals surface area contributed by atoms with Gasteiger partial charge in [-0.15, -0.1) is 0 Å². The maximum Gasteiger partial charge on any atom is 0.433 e. The van der Waals surface area contributed by atoms with Crippen molar-refractivity contribution in [3.63, 3.8) is 0 Å². The van der Waals surface area contributed by atoms with Gasteiger partial charge < -0.3 is 4.98 Å². The molecule has 0 fully saturated rings. The Balaban J connectivity index is 2.56. The van der Waals surface area contributed by atoms with Crippen molar-refractivity contribution in [2.45, 2.75) is 12.6 Å². The topological polar surface area (TPSA) is 50.1 Å². The first-order chi connectivity index (χ1) is 9.84. The second kappa shape index (κ2) is 5.36. The summed E-state index contributed by atoms with van der Waals surface area (Å²) >= 11 is 0. The first-order valence-corrected chi connectivity index (χ1v) is 5.63. The number of benzene rings is 1. The Bertz CT molecular complexity index is 774. The highest BCUT2D eigenvalue weighted by Crippen LogP contribution is 2.30. The van der Waals surface area contributed by atoms with Crippen LogP contribution in [0.25, 0.3) is 4.85 Å². The van der Waals surface area contributed by atoms with Crippen molar-refractivity contribution in [3.8, 4) is 0 Å². The fourth-order valence-corrected chi connectivity index (χ4v) is 1.82. The summed E-state index contributed by atoms with van der Waals surface area (Å²) in [6, 6.07) is 3.75. The van der Waals surface area contributed by atoms with E-state index in [0.29, 0.717) is 6.33 Å². The van der Waals surface area contributed by atoms with Crippen molar-refractivity contribution in [3.05, 3.63) is 68.9 Å². The second-order valence-electron chi connectivity index (χ2n) is 4.10. The molecule has 1 aromatic carbocycles. The molecule has 0 aliphatic carbocycles. The number of aromatic amines is 1. The predicted octanol–water partition coefficient (Wildman–Crippen LogP) is 3.07. The monoisotopic (exact) mass is 297 g/mol. The molecule has 2 aromatic rings. The van der Waals surface area contributed by atoms with Crippen LogP contribution in [0, 0.1) is 12.4 Å². The van der Waals surface area contributed by atoms with Crippen LogP contribution in [-0.2, 0) is 12.6 Å². The van der Waals surface area contributed by atoms with Gasteiger partial charge in [0.05, 0.1) is 18.5 Å². The number of nitrogens with one attached hydrogen (secondary N) is 1. The van der Waals surface area contributed by atoms with Gasteiger partial charge in [0.15, 0.2) is 5.69 Å². The van der Waals surface area contributed by atoms with Gasteiger partial charge in [-0.2, -0.15) is 13.2 Å². The van der Waals surface area contributed by atoms with Crippen LogP contribution in [0.15, 0.2) is 29.3 Å². The van der Waals surface area contributed by atoms with Crippen LogP contribution in [-0.4, -0.2) is 9.97 Å². The number of nitrogens with zero attached hydrogens (tertiary/aromatic N) is 2. The molecule has 0 saturated heterocycles. The van der Waals surface area contributed by atoms with Crippen LogP contribution in [0.1, 0.15) is 16.8 Å². The van der Waals surface area contributed by atoms with Crippen molar-refractivity contribution in [2.24, 2.45) is 0 Å². The van der Waals surface area contributed by atoms with Crippen LogP contribution < -0.4 is 5.56 Å². The predicted molar refractivity (Wildman–Crippen MR) is 65.3 cm³/mol. The summed E-state index contributed by atoms with van der Waals surface area (Å²) in [4.78, 5) is 19.6. The molecular weight excluding hydrogens is 290 g/mol. The molecule has 0 radical (unpaired) electrons. The van der Waals surface area contributed by atoms with Gasteiger partial charge in [0.25, 0.3) is 5.56 Å². The Labute approximate surface area is 115 Å². The van der Waals surface area contributed by atoms with E-state index < -0.39 is 35.2 Å². The van der Waals surface area contributed by atoms with Gasteiger partial charge in [0.1, 0.15) is 5.82 Å². The Morgan fingerprint density at radius 2 is 2.05 bits per heavy atom. The maximum atomic E-state index is 13.9. The highest BCUT2D eigenvalue weighted by molar-refractivity contribution is 5.49. The molecule has 0 spiro atoms. The molecule has 1 N–H and O–H groups in total. The normalized spacial score (nSPS) is 11.2. The van der Waals surface area contributed by atoms with E-state index in [4.69, 9.17) is 6.57 Å². The highest BCUT2D eigenvalue weighted by Gasteiger charge is 2.36.